The van der Waals surface area contributed by atoms with Gasteiger partial charge in [0, 0.05) is 12.1 Å². The first-order chi connectivity index (χ1) is 6.06. The number of alkyl halides is 2. The summed E-state index contributed by atoms with van der Waals surface area (Å²) in [4.78, 5) is 3.69. The Hall–Kier alpha value is -0.260. The number of halogens is 4. The van der Waals surface area contributed by atoms with Crippen molar-refractivity contribution < 1.29 is 8.78 Å². The van der Waals surface area contributed by atoms with Crippen LogP contribution in [0.15, 0.2) is 10.7 Å². The zero-order valence-corrected chi connectivity index (χ0v) is 8.74. The smallest absolute Gasteiger partial charge is 0.266 e. The van der Waals surface area contributed by atoms with E-state index in [1.54, 1.807) is 0 Å². The van der Waals surface area contributed by atoms with Crippen molar-refractivity contribution >= 4 is 27.5 Å². The molecule has 0 bridgehead atoms. The molecule has 1 rings (SSSR count). The second kappa shape index (κ2) is 4.30. The Bertz CT molecular complexity index is 320. The minimum atomic E-state index is -2.58. The molecule has 0 atom stereocenters. The average molecular weight is 271 g/mol. The standard InChI is InChI=1S/C7H6BrClF2N2/c8-5-4(7(10)11)1-3(2-12)6(9)13-5/h1,7H,2,12H2. The number of nitrogens with zero attached hydrogens (tertiary/aromatic N) is 1. The molecular formula is C7H6BrClF2N2. The van der Waals surface area contributed by atoms with Crippen molar-refractivity contribution in [1.82, 2.24) is 4.98 Å². The van der Waals surface area contributed by atoms with E-state index in [1.807, 2.05) is 0 Å². The molecule has 0 spiro atoms. The van der Waals surface area contributed by atoms with Crippen LogP contribution >= 0.6 is 27.5 Å². The molecule has 72 valence electrons. The predicted molar refractivity (Wildman–Crippen MR) is 49.8 cm³/mol. The fourth-order valence-electron chi connectivity index (χ4n) is 0.826. The molecule has 0 fully saturated rings. The Morgan fingerprint density at radius 1 is 1.62 bits per heavy atom. The fraction of sp³-hybridized carbons (Fsp3) is 0.286. The molecule has 2 N–H and O–H groups in total. The first-order valence-corrected chi connectivity index (χ1v) is 4.56. The van der Waals surface area contributed by atoms with E-state index in [9.17, 15) is 8.78 Å². The summed E-state index contributed by atoms with van der Waals surface area (Å²) in [7, 11) is 0. The molecule has 6 heteroatoms. The van der Waals surface area contributed by atoms with Gasteiger partial charge in [0.25, 0.3) is 6.43 Å². The Balaban J connectivity index is 3.22. The van der Waals surface area contributed by atoms with Crippen molar-refractivity contribution in [2.45, 2.75) is 13.0 Å². The lowest BCUT2D eigenvalue weighted by Crippen LogP contribution is -2.01. The highest BCUT2D eigenvalue weighted by molar-refractivity contribution is 9.10. The van der Waals surface area contributed by atoms with Gasteiger partial charge in [-0.2, -0.15) is 0 Å². The largest absolute Gasteiger partial charge is 0.326 e. The van der Waals surface area contributed by atoms with Crippen molar-refractivity contribution in [3.8, 4) is 0 Å². The lowest BCUT2D eigenvalue weighted by molar-refractivity contribution is 0.150. The van der Waals surface area contributed by atoms with Gasteiger partial charge in [-0.15, -0.1) is 0 Å². The number of hydrogen-bond donors (Lipinski definition) is 1. The Morgan fingerprint density at radius 2 is 2.23 bits per heavy atom. The highest BCUT2D eigenvalue weighted by atomic mass is 79.9. The zero-order chi connectivity index (χ0) is 10.0. The summed E-state index contributed by atoms with van der Waals surface area (Å²) in [6, 6.07) is 1.25. The maximum absolute atomic E-state index is 12.3. The van der Waals surface area contributed by atoms with Gasteiger partial charge in [-0.25, -0.2) is 13.8 Å². The van der Waals surface area contributed by atoms with Gasteiger partial charge >= 0.3 is 0 Å². The molecule has 0 saturated heterocycles. The maximum Gasteiger partial charge on any atom is 0.266 e. The molecule has 0 unspecified atom stereocenters. The lowest BCUT2D eigenvalue weighted by atomic mass is 10.2. The highest BCUT2D eigenvalue weighted by Gasteiger charge is 2.15. The monoisotopic (exact) mass is 270 g/mol. The molecule has 1 heterocycles. The van der Waals surface area contributed by atoms with Crippen molar-refractivity contribution in [2.75, 3.05) is 0 Å². The summed E-state index contributed by atoms with van der Waals surface area (Å²) in [6.07, 6.45) is -2.58. The molecule has 0 radical (unpaired) electrons. The SMILES string of the molecule is NCc1cc(C(F)F)c(Br)nc1Cl. The van der Waals surface area contributed by atoms with Crippen LogP contribution in [0.3, 0.4) is 0 Å². The summed E-state index contributed by atoms with van der Waals surface area (Å²) >= 11 is 8.53. The van der Waals surface area contributed by atoms with E-state index in [4.69, 9.17) is 17.3 Å². The molecule has 1 aromatic heterocycles. The molecule has 0 saturated carbocycles. The number of nitrogens with two attached hydrogens (primary N) is 1. The lowest BCUT2D eigenvalue weighted by Gasteiger charge is -2.06. The number of aromatic nitrogens is 1. The van der Waals surface area contributed by atoms with Crippen LogP contribution in [-0.2, 0) is 6.54 Å². The third kappa shape index (κ3) is 2.36. The molecular weight excluding hydrogens is 265 g/mol. The number of rotatable bonds is 2. The van der Waals surface area contributed by atoms with Gasteiger partial charge in [0.05, 0.1) is 5.56 Å². The third-order valence-electron chi connectivity index (χ3n) is 1.48. The van der Waals surface area contributed by atoms with Crippen LogP contribution in [0.25, 0.3) is 0 Å². The predicted octanol–water partition coefficient (Wildman–Crippen LogP) is 2.89. The maximum atomic E-state index is 12.3. The second-order valence-electron chi connectivity index (χ2n) is 2.32. The minimum Gasteiger partial charge on any atom is -0.326 e. The topological polar surface area (TPSA) is 38.9 Å². The molecule has 0 aliphatic carbocycles. The first kappa shape index (κ1) is 10.8. The molecule has 1 aromatic rings. The van der Waals surface area contributed by atoms with E-state index < -0.39 is 6.43 Å². The summed E-state index contributed by atoms with van der Waals surface area (Å²) < 4.78 is 24.7. The minimum absolute atomic E-state index is 0.0599. The van der Waals surface area contributed by atoms with E-state index in [1.165, 1.54) is 6.07 Å². The van der Waals surface area contributed by atoms with Gasteiger partial charge in [-0.3, -0.25) is 0 Å². The molecule has 0 aliphatic rings. The van der Waals surface area contributed by atoms with Gasteiger partial charge < -0.3 is 5.73 Å². The van der Waals surface area contributed by atoms with E-state index >= 15 is 0 Å². The van der Waals surface area contributed by atoms with Crippen LogP contribution in [0.2, 0.25) is 5.15 Å². The molecule has 0 aromatic carbocycles. The zero-order valence-electron chi connectivity index (χ0n) is 6.40. The van der Waals surface area contributed by atoms with Crippen LogP contribution in [0.5, 0.6) is 0 Å². The summed E-state index contributed by atoms with van der Waals surface area (Å²) in [5.74, 6) is 0. The van der Waals surface area contributed by atoms with E-state index in [0.29, 0.717) is 5.56 Å². The van der Waals surface area contributed by atoms with Gasteiger partial charge in [-0.05, 0) is 22.0 Å². The van der Waals surface area contributed by atoms with E-state index in [-0.39, 0.29) is 21.9 Å². The van der Waals surface area contributed by atoms with Crippen LogP contribution in [0.4, 0.5) is 8.78 Å². The quantitative estimate of drug-likeness (QED) is 0.840. The van der Waals surface area contributed by atoms with Gasteiger partial charge in [0.15, 0.2) is 0 Å². The third-order valence-corrected chi connectivity index (χ3v) is 2.45. The molecule has 0 aliphatic heterocycles. The number of hydrogen-bond acceptors (Lipinski definition) is 2. The number of pyridine rings is 1. The Morgan fingerprint density at radius 3 is 2.69 bits per heavy atom. The van der Waals surface area contributed by atoms with E-state index in [0.717, 1.165) is 0 Å². The Labute approximate surface area is 87.2 Å². The molecule has 0 amide bonds. The van der Waals surface area contributed by atoms with Gasteiger partial charge in [0.1, 0.15) is 9.76 Å². The van der Waals surface area contributed by atoms with Crippen LogP contribution in [-0.4, -0.2) is 4.98 Å². The normalized spacial score (nSPS) is 10.9. The van der Waals surface area contributed by atoms with Crippen LogP contribution < -0.4 is 5.73 Å². The summed E-state index contributed by atoms with van der Waals surface area (Å²) in [6.45, 7) is 0.0961. The van der Waals surface area contributed by atoms with Crippen molar-refractivity contribution in [3.05, 3.63) is 26.9 Å². The summed E-state index contributed by atoms with van der Waals surface area (Å²) in [5, 5.41) is 0.152. The van der Waals surface area contributed by atoms with Crippen molar-refractivity contribution in [2.24, 2.45) is 5.73 Å². The molecule has 2 nitrogen and oxygen atoms in total. The van der Waals surface area contributed by atoms with Crippen LogP contribution in [0.1, 0.15) is 17.6 Å². The average Bonchev–Trinajstić information content (AvgIpc) is 2.03. The van der Waals surface area contributed by atoms with Gasteiger partial charge in [0.2, 0.25) is 0 Å². The summed E-state index contributed by atoms with van der Waals surface area (Å²) in [5.41, 5.74) is 5.51. The highest BCUT2D eigenvalue weighted by Crippen LogP contribution is 2.29. The Kier molecular flexibility index (Phi) is 3.58. The molecule has 13 heavy (non-hydrogen) atoms. The fourth-order valence-corrected chi connectivity index (χ4v) is 1.61. The van der Waals surface area contributed by atoms with Crippen molar-refractivity contribution in [1.29, 1.82) is 0 Å². The van der Waals surface area contributed by atoms with Crippen LogP contribution in [0, 0.1) is 0 Å². The second-order valence-corrected chi connectivity index (χ2v) is 3.43. The van der Waals surface area contributed by atoms with Crippen molar-refractivity contribution in [3.63, 3.8) is 0 Å². The first-order valence-electron chi connectivity index (χ1n) is 3.39. The van der Waals surface area contributed by atoms with E-state index in [2.05, 4.69) is 20.9 Å². The van der Waals surface area contributed by atoms with Gasteiger partial charge in [-0.1, -0.05) is 11.6 Å².